The topological polar surface area (TPSA) is 54.9 Å². The third kappa shape index (κ3) is 3.56. The Morgan fingerprint density at radius 3 is 2.68 bits per heavy atom. The molecule has 0 aliphatic rings. The molecule has 0 aliphatic carbocycles. The number of benzene rings is 1. The number of hydrogen-bond acceptors (Lipinski definition) is 4. The van der Waals surface area contributed by atoms with E-state index in [0.717, 1.165) is 11.1 Å². The van der Waals surface area contributed by atoms with Crippen molar-refractivity contribution >= 4 is 22.4 Å². The van der Waals surface area contributed by atoms with Gasteiger partial charge in [-0.25, -0.2) is 4.98 Å². The minimum Gasteiger partial charge on any atom is -0.301 e. The highest BCUT2D eigenvalue weighted by atomic mass is 32.1. The van der Waals surface area contributed by atoms with Crippen molar-refractivity contribution in [2.75, 3.05) is 5.32 Å². The molecule has 5 heteroatoms. The molecule has 2 heterocycles. The van der Waals surface area contributed by atoms with Crippen molar-refractivity contribution in [2.24, 2.45) is 0 Å². The highest BCUT2D eigenvalue weighted by Crippen LogP contribution is 2.23. The fourth-order valence-electron chi connectivity index (χ4n) is 2.28. The summed E-state index contributed by atoms with van der Waals surface area (Å²) >= 11 is 1.41. The molecule has 2 aromatic heterocycles. The minimum absolute atomic E-state index is 0.0509. The van der Waals surface area contributed by atoms with Crippen LogP contribution in [0, 0.1) is 0 Å². The van der Waals surface area contributed by atoms with Gasteiger partial charge in [0.05, 0.1) is 5.92 Å². The van der Waals surface area contributed by atoms with Gasteiger partial charge in [-0.05, 0) is 23.6 Å². The molecule has 4 nitrogen and oxygen atoms in total. The number of aromatic nitrogens is 2. The van der Waals surface area contributed by atoms with Crippen molar-refractivity contribution in [3.63, 3.8) is 0 Å². The molecule has 1 unspecified atom stereocenters. The van der Waals surface area contributed by atoms with Crippen LogP contribution in [-0.4, -0.2) is 15.9 Å². The van der Waals surface area contributed by atoms with Crippen LogP contribution in [0.4, 0.5) is 5.13 Å². The van der Waals surface area contributed by atoms with Crippen LogP contribution in [0.5, 0.6) is 0 Å². The SMILES string of the molecule is O=C(Nc1nccs1)C(Cc1cccnc1)c1ccccc1. The lowest BCUT2D eigenvalue weighted by atomic mass is 9.92. The third-order valence-corrected chi connectivity index (χ3v) is 4.03. The van der Waals surface area contributed by atoms with Gasteiger partial charge in [-0.1, -0.05) is 36.4 Å². The van der Waals surface area contributed by atoms with Crippen LogP contribution in [-0.2, 0) is 11.2 Å². The number of nitrogens with zero attached hydrogens (tertiary/aromatic N) is 2. The fourth-order valence-corrected chi connectivity index (χ4v) is 2.81. The highest BCUT2D eigenvalue weighted by Gasteiger charge is 2.21. The van der Waals surface area contributed by atoms with Crippen LogP contribution >= 0.6 is 11.3 Å². The van der Waals surface area contributed by atoms with E-state index in [-0.39, 0.29) is 11.8 Å². The molecule has 3 rings (SSSR count). The minimum atomic E-state index is -0.269. The number of nitrogens with one attached hydrogen (secondary N) is 1. The number of anilines is 1. The lowest BCUT2D eigenvalue weighted by molar-refractivity contribution is -0.117. The Labute approximate surface area is 132 Å². The van der Waals surface area contributed by atoms with Gasteiger partial charge >= 0.3 is 0 Å². The van der Waals surface area contributed by atoms with Gasteiger partial charge in [-0.15, -0.1) is 11.3 Å². The first-order valence-corrected chi connectivity index (χ1v) is 7.85. The summed E-state index contributed by atoms with van der Waals surface area (Å²) in [7, 11) is 0. The molecule has 0 aliphatic heterocycles. The summed E-state index contributed by atoms with van der Waals surface area (Å²) in [6.45, 7) is 0. The van der Waals surface area contributed by atoms with Crippen LogP contribution in [0.3, 0.4) is 0 Å². The largest absolute Gasteiger partial charge is 0.301 e. The van der Waals surface area contributed by atoms with E-state index in [4.69, 9.17) is 0 Å². The van der Waals surface area contributed by atoms with Crippen molar-refractivity contribution < 1.29 is 4.79 Å². The summed E-state index contributed by atoms with van der Waals surface area (Å²) in [6, 6.07) is 13.7. The Balaban J connectivity index is 1.84. The van der Waals surface area contributed by atoms with E-state index < -0.39 is 0 Å². The molecule has 110 valence electrons. The number of hydrogen-bond donors (Lipinski definition) is 1. The summed E-state index contributed by atoms with van der Waals surface area (Å²) in [4.78, 5) is 20.9. The zero-order valence-electron chi connectivity index (χ0n) is 11.8. The Hall–Kier alpha value is -2.53. The standard InChI is InChI=1S/C17H15N3OS/c21-16(20-17-19-9-10-22-17)15(14-6-2-1-3-7-14)11-13-5-4-8-18-12-13/h1-10,12,15H,11H2,(H,19,20,21). The van der Waals surface area contributed by atoms with Crippen LogP contribution < -0.4 is 5.32 Å². The molecule has 3 aromatic rings. The molecule has 0 bridgehead atoms. The molecule has 22 heavy (non-hydrogen) atoms. The first-order chi connectivity index (χ1) is 10.8. The van der Waals surface area contributed by atoms with E-state index in [1.54, 1.807) is 18.6 Å². The summed E-state index contributed by atoms with van der Waals surface area (Å²) in [5, 5.41) is 5.35. The van der Waals surface area contributed by atoms with Crippen LogP contribution in [0.1, 0.15) is 17.0 Å². The van der Waals surface area contributed by atoms with Crippen molar-refractivity contribution in [3.8, 4) is 0 Å². The Morgan fingerprint density at radius 1 is 1.14 bits per heavy atom. The second kappa shape index (κ2) is 6.95. The van der Waals surface area contributed by atoms with E-state index in [2.05, 4.69) is 15.3 Å². The van der Waals surface area contributed by atoms with Gasteiger partial charge in [-0.3, -0.25) is 9.78 Å². The molecule has 0 saturated carbocycles. The van der Waals surface area contributed by atoms with Gasteiger partial charge in [0, 0.05) is 24.0 Å². The smallest absolute Gasteiger partial charge is 0.234 e. The molecule has 1 aromatic carbocycles. The molecule has 0 fully saturated rings. The number of rotatable bonds is 5. The van der Waals surface area contributed by atoms with E-state index in [9.17, 15) is 4.79 Å². The van der Waals surface area contributed by atoms with E-state index >= 15 is 0 Å². The second-order valence-corrected chi connectivity index (χ2v) is 5.75. The number of thiazole rings is 1. The predicted molar refractivity (Wildman–Crippen MR) is 87.9 cm³/mol. The molecular weight excluding hydrogens is 294 g/mol. The number of carbonyl (C=O) groups excluding carboxylic acids is 1. The first kappa shape index (κ1) is 14.4. The van der Waals surface area contributed by atoms with Gasteiger partial charge < -0.3 is 5.32 Å². The summed E-state index contributed by atoms with van der Waals surface area (Å²) in [6.07, 6.45) is 5.82. The van der Waals surface area contributed by atoms with Crippen molar-refractivity contribution in [1.29, 1.82) is 0 Å². The van der Waals surface area contributed by atoms with Gasteiger partial charge in [0.2, 0.25) is 5.91 Å². The Kier molecular flexibility index (Phi) is 4.56. The van der Waals surface area contributed by atoms with Crippen LogP contribution in [0.2, 0.25) is 0 Å². The van der Waals surface area contributed by atoms with Gasteiger partial charge in [0.1, 0.15) is 0 Å². The van der Waals surface area contributed by atoms with Crippen molar-refractivity contribution in [2.45, 2.75) is 12.3 Å². The first-order valence-electron chi connectivity index (χ1n) is 6.97. The average molecular weight is 309 g/mol. The third-order valence-electron chi connectivity index (χ3n) is 3.34. The number of carbonyl (C=O) groups is 1. The highest BCUT2D eigenvalue weighted by molar-refractivity contribution is 7.13. The van der Waals surface area contributed by atoms with E-state index in [1.807, 2.05) is 47.8 Å². The molecule has 0 radical (unpaired) electrons. The normalized spacial score (nSPS) is 11.8. The monoisotopic (exact) mass is 309 g/mol. The number of amides is 1. The molecule has 1 atom stereocenters. The molecule has 1 N–H and O–H groups in total. The zero-order valence-corrected chi connectivity index (χ0v) is 12.7. The predicted octanol–water partition coefficient (Wildman–Crippen LogP) is 3.50. The second-order valence-electron chi connectivity index (χ2n) is 4.86. The maximum absolute atomic E-state index is 12.7. The average Bonchev–Trinajstić information content (AvgIpc) is 3.07. The van der Waals surface area contributed by atoms with Crippen molar-refractivity contribution in [1.82, 2.24) is 9.97 Å². The van der Waals surface area contributed by atoms with Gasteiger partial charge in [0.15, 0.2) is 5.13 Å². The summed E-state index contributed by atoms with van der Waals surface area (Å²) < 4.78 is 0. The van der Waals surface area contributed by atoms with Crippen LogP contribution in [0.15, 0.2) is 66.4 Å². The maximum atomic E-state index is 12.7. The molecular formula is C17H15N3OS. The molecule has 1 amide bonds. The Bertz CT molecular complexity index is 714. The van der Waals surface area contributed by atoms with Crippen molar-refractivity contribution in [3.05, 3.63) is 77.6 Å². The number of pyridine rings is 1. The lowest BCUT2D eigenvalue weighted by Crippen LogP contribution is -2.23. The summed E-state index contributed by atoms with van der Waals surface area (Å²) in [5.74, 6) is -0.320. The van der Waals surface area contributed by atoms with Gasteiger partial charge in [0.25, 0.3) is 0 Å². The summed E-state index contributed by atoms with van der Waals surface area (Å²) in [5.41, 5.74) is 2.02. The Morgan fingerprint density at radius 2 is 2.00 bits per heavy atom. The maximum Gasteiger partial charge on any atom is 0.234 e. The molecule has 0 saturated heterocycles. The van der Waals surface area contributed by atoms with Crippen LogP contribution in [0.25, 0.3) is 0 Å². The van der Waals surface area contributed by atoms with E-state index in [0.29, 0.717) is 11.6 Å². The molecule has 0 spiro atoms. The van der Waals surface area contributed by atoms with E-state index in [1.165, 1.54) is 11.3 Å². The fraction of sp³-hybridized carbons (Fsp3) is 0.118. The lowest BCUT2D eigenvalue weighted by Gasteiger charge is -2.16. The van der Waals surface area contributed by atoms with Gasteiger partial charge in [-0.2, -0.15) is 0 Å². The zero-order chi connectivity index (χ0) is 15.2. The quantitative estimate of drug-likeness (QED) is 0.785.